The second-order valence-electron chi connectivity index (χ2n) is 5.83. The molecule has 1 aromatic rings. The Labute approximate surface area is 147 Å². The maximum absolute atomic E-state index is 6.00. The van der Waals surface area contributed by atoms with Crippen LogP contribution in [0.2, 0.25) is 6.04 Å². The topological polar surface area (TPSA) is 39.7 Å². The van der Waals surface area contributed by atoms with E-state index in [9.17, 15) is 0 Å². The smallest absolute Gasteiger partial charge is 0.377 e. The van der Waals surface area contributed by atoms with Gasteiger partial charge >= 0.3 is 8.80 Å². The SMILES string of the molecule is CCCC(S)C(C)C[Si](OC)(OC)OCNCc1ccccc1. The first kappa shape index (κ1) is 20.7. The van der Waals surface area contributed by atoms with Crippen molar-refractivity contribution in [3.8, 4) is 0 Å². The van der Waals surface area contributed by atoms with Crippen LogP contribution in [0.3, 0.4) is 0 Å². The molecule has 1 N–H and O–H groups in total. The van der Waals surface area contributed by atoms with Gasteiger partial charge in [-0.25, -0.2) is 0 Å². The Morgan fingerprint density at radius 3 is 2.39 bits per heavy atom. The van der Waals surface area contributed by atoms with Crippen LogP contribution in [0.25, 0.3) is 0 Å². The summed E-state index contributed by atoms with van der Waals surface area (Å²) in [5.74, 6) is 0.388. The minimum Gasteiger partial charge on any atom is -0.377 e. The summed E-state index contributed by atoms with van der Waals surface area (Å²) in [5, 5.41) is 3.63. The van der Waals surface area contributed by atoms with Crippen LogP contribution in [0.5, 0.6) is 0 Å². The number of rotatable bonds is 12. The van der Waals surface area contributed by atoms with Crippen molar-refractivity contribution in [2.75, 3.05) is 21.0 Å². The molecule has 0 bridgehead atoms. The van der Waals surface area contributed by atoms with E-state index in [0.29, 0.717) is 17.9 Å². The second-order valence-corrected chi connectivity index (χ2v) is 9.37. The van der Waals surface area contributed by atoms with E-state index < -0.39 is 8.80 Å². The van der Waals surface area contributed by atoms with Crippen molar-refractivity contribution in [1.29, 1.82) is 0 Å². The summed E-state index contributed by atoms with van der Waals surface area (Å²) in [6.45, 7) is 5.55. The highest BCUT2D eigenvalue weighted by Gasteiger charge is 2.41. The summed E-state index contributed by atoms with van der Waals surface area (Å²) in [5.41, 5.74) is 1.23. The van der Waals surface area contributed by atoms with E-state index in [-0.39, 0.29) is 0 Å². The maximum atomic E-state index is 6.00. The predicted molar refractivity (Wildman–Crippen MR) is 101 cm³/mol. The molecule has 6 heteroatoms. The molecular formula is C17H31NO3SSi. The summed E-state index contributed by atoms with van der Waals surface area (Å²) < 4.78 is 17.3. The highest BCUT2D eigenvalue weighted by atomic mass is 32.1. The number of thiol groups is 1. The van der Waals surface area contributed by atoms with E-state index in [4.69, 9.17) is 25.9 Å². The maximum Gasteiger partial charge on any atom is 0.501 e. The minimum absolute atomic E-state index is 0.345. The fourth-order valence-electron chi connectivity index (χ4n) is 2.49. The third-order valence-electron chi connectivity index (χ3n) is 4.00. The van der Waals surface area contributed by atoms with Gasteiger partial charge in [-0.2, -0.15) is 12.6 Å². The lowest BCUT2D eigenvalue weighted by Crippen LogP contribution is -2.48. The molecule has 1 rings (SSSR count). The van der Waals surface area contributed by atoms with E-state index >= 15 is 0 Å². The van der Waals surface area contributed by atoms with Crippen molar-refractivity contribution in [2.45, 2.75) is 44.5 Å². The molecule has 2 unspecified atom stereocenters. The van der Waals surface area contributed by atoms with E-state index in [1.54, 1.807) is 14.2 Å². The van der Waals surface area contributed by atoms with Crippen LogP contribution in [-0.4, -0.2) is 35.0 Å². The average Bonchev–Trinajstić information content (AvgIpc) is 2.58. The molecule has 2 atom stereocenters. The third kappa shape index (κ3) is 7.37. The van der Waals surface area contributed by atoms with Gasteiger partial charge in [0.2, 0.25) is 0 Å². The van der Waals surface area contributed by atoms with Crippen molar-refractivity contribution in [3.63, 3.8) is 0 Å². The van der Waals surface area contributed by atoms with Crippen LogP contribution in [0, 0.1) is 5.92 Å². The Kier molecular flexibility index (Phi) is 10.1. The fraction of sp³-hybridized carbons (Fsp3) is 0.647. The van der Waals surface area contributed by atoms with E-state index in [1.165, 1.54) is 5.56 Å². The van der Waals surface area contributed by atoms with Crippen molar-refractivity contribution in [2.24, 2.45) is 5.92 Å². The number of hydrogen-bond acceptors (Lipinski definition) is 5. The van der Waals surface area contributed by atoms with Gasteiger partial charge in [0.05, 0.1) is 6.73 Å². The summed E-state index contributed by atoms with van der Waals surface area (Å²) in [4.78, 5) is 0. The first-order chi connectivity index (χ1) is 11.1. The van der Waals surface area contributed by atoms with E-state index in [1.807, 2.05) is 18.2 Å². The summed E-state index contributed by atoms with van der Waals surface area (Å²) in [6, 6.07) is 11.0. The Bertz CT molecular complexity index is 418. The van der Waals surface area contributed by atoms with E-state index in [2.05, 4.69) is 31.3 Å². The van der Waals surface area contributed by atoms with E-state index in [0.717, 1.165) is 25.4 Å². The van der Waals surface area contributed by atoms with Crippen molar-refractivity contribution >= 4 is 21.4 Å². The molecule has 0 spiro atoms. The van der Waals surface area contributed by atoms with Crippen LogP contribution in [0.1, 0.15) is 32.3 Å². The third-order valence-corrected chi connectivity index (χ3v) is 7.74. The molecule has 132 valence electrons. The van der Waals surface area contributed by atoms with Gasteiger partial charge in [0.1, 0.15) is 0 Å². The molecule has 0 amide bonds. The quantitative estimate of drug-likeness (QED) is 0.259. The Morgan fingerprint density at radius 2 is 1.83 bits per heavy atom. The summed E-state index contributed by atoms with van der Waals surface area (Å²) in [6.07, 6.45) is 2.22. The molecule has 0 aliphatic heterocycles. The second kappa shape index (κ2) is 11.2. The number of hydrogen-bond donors (Lipinski definition) is 2. The monoisotopic (exact) mass is 357 g/mol. The molecule has 1 aromatic carbocycles. The van der Waals surface area contributed by atoms with Crippen LogP contribution < -0.4 is 5.32 Å². The molecule has 23 heavy (non-hydrogen) atoms. The first-order valence-corrected chi connectivity index (χ1v) is 10.7. The molecule has 0 heterocycles. The lowest BCUT2D eigenvalue weighted by molar-refractivity contribution is 0.0854. The van der Waals surface area contributed by atoms with Crippen LogP contribution in [0.4, 0.5) is 0 Å². The van der Waals surface area contributed by atoms with Gasteiger partial charge in [0, 0.05) is 32.1 Å². The first-order valence-electron chi connectivity index (χ1n) is 8.23. The van der Waals surface area contributed by atoms with Gasteiger partial charge in [-0.3, -0.25) is 5.32 Å². The molecule has 0 saturated carbocycles. The average molecular weight is 358 g/mol. The largest absolute Gasteiger partial charge is 0.501 e. The van der Waals surface area contributed by atoms with Gasteiger partial charge in [-0.15, -0.1) is 0 Å². The van der Waals surface area contributed by atoms with Gasteiger partial charge in [0.25, 0.3) is 0 Å². The Balaban J connectivity index is 2.46. The van der Waals surface area contributed by atoms with Crippen LogP contribution in [-0.2, 0) is 19.8 Å². The number of nitrogens with one attached hydrogen (secondary N) is 1. The van der Waals surface area contributed by atoms with Crippen LogP contribution in [0.15, 0.2) is 30.3 Å². The fourth-order valence-corrected chi connectivity index (χ4v) is 5.30. The zero-order chi connectivity index (χ0) is 17.1. The van der Waals surface area contributed by atoms with Crippen molar-refractivity contribution < 1.29 is 13.3 Å². The molecule has 4 nitrogen and oxygen atoms in total. The number of benzene rings is 1. The Morgan fingerprint density at radius 1 is 1.17 bits per heavy atom. The van der Waals surface area contributed by atoms with Gasteiger partial charge in [-0.1, -0.05) is 50.6 Å². The van der Waals surface area contributed by atoms with Gasteiger partial charge in [0.15, 0.2) is 0 Å². The predicted octanol–water partition coefficient (Wildman–Crippen LogP) is 3.72. The molecule has 0 radical (unpaired) electrons. The van der Waals surface area contributed by atoms with Crippen molar-refractivity contribution in [3.05, 3.63) is 35.9 Å². The molecule has 0 fully saturated rings. The van der Waals surface area contributed by atoms with Crippen LogP contribution >= 0.6 is 12.6 Å². The summed E-state index contributed by atoms with van der Waals surface area (Å²) >= 11 is 4.69. The highest BCUT2D eigenvalue weighted by Crippen LogP contribution is 2.26. The molecule has 0 aromatic heterocycles. The van der Waals surface area contributed by atoms with Gasteiger partial charge in [-0.05, 0) is 17.9 Å². The standard InChI is InChI=1S/C17H31NO3SSi/c1-5-9-17(22)15(2)13-23(19-3,20-4)21-14-18-12-16-10-7-6-8-11-16/h6-8,10-11,15,17-18,22H,5,9,12-14H2,1-4H3. The Hall–Kier alpha value is -0.373. The molecule has 0 saturated heterocycles. The molecular weight excluding hydrogens is 326 g/mol. The normalized spacial score (nSPS) is 14.7. The molecule has 0 aliphatic carbocycles. The minimum atomic E-state index is -2.65. The zero-order valence-electron chi connectivity index (χ0n) is 14.7. The molecule has 0 aliphatic rings. The zero-order valence-corrected chi connectivity index (χ0v) is 16.6. The van der Waals surface area contributed by atoms with Gasteiger partial charge < -0.3 is 13.3 Å². The highest BCUT2D eigenvalue weighted by molar-refractivity contribution is 7.81. The summed E-state index contributed by atoms with van der Waals surface area (Å²) in [7, 11) is 0.699. The lowest BCUT2D eigenvalue weighted by Gasteiger charge is -2.30. The lowest BCUT2D eigenvalue weighted by atomic mass is 10.1. The van der Waals surface area contributed by atoms with Crippen molar-refractivity contribution in [1.82, 2.24) is 5.32 Å².